The molecule has 0 saturated carbocycles. The van der Waals surface area contributed by atoms with E-state index >= 15 is 0 Å². The molecule has 2 rings (SSSR count). The van der Waals surface area contributed by atoms with Gasteiger partial charge in [0.05, 0.1) is 0 Å². The van der Waals surface area contributed by atoms with E-state index in [4.69, 9.17) is 0 Å². The van der Waals surface area contributed by atoms with Crippen molar-refractivity contribution in [1.29, 1.82) is 0 Å². The molecule has 0 bridgehead atoms. The van der Waals surface area contributed by atoms with Gasteiger partial charge in [-0.25, -0.2) is 0 Å². The second kappa shape index (κ2) is 3.57. The molecule has 0 amide bonds. The van der Waals surface area contributed by atoms with Gasteiger partial charge in [-0.2, -0.15) is 24.3 Å². The van der Waals surface area contributed by atoms with Gasteiger partial charge in [0.1, 0.15) is 0 Å². The van der Waals surface area contributed by atoms with Crippen LogP contribution in [0, 0.1) is 6.07 Å². The van der Waals surface area contributed by atoms with E-state index in [0.717, 1.165) is 10.9 Å². The van der Waals surface area contributed by atoms with E-state index in [1.165, 1.54) is 0 Å². The van der Waals surface area contributed by atoms with Crippen molar-refractivity contribution >= 4 is 10.9 Å². The van der Waals surface area contributed by atoms with Gasteiger partial charge < -0.3 is 0 Å². The fraction of sp³-hybridized carbons (Fsp3) is 0. The van der Waals surface area contributed by atoms with Crippen molar-refractivity contribution < 1.29 is 18.9 Å². The predicted octanol–water partition coefficient (Wildman–Crippen LogP) is -0.961. The molecule has 0 atom stereocenters. The molecule has 1 heterocycles. The molecule has 0 fully saturated rings. The summed E-state index contributed by atoms with van der Waals surface area (Å²) >= 11 is 0. The molecule has 1 nitrogen and oxygen atoms in total. The Balaban J connectivity index is 0.000000605. The number of hydrogen-bond acceptors (Lipinski definition) is 1. The summed E-state index contributed by atoms with van der Waals surface area (Å²) in [5, 5.41) is 1.14. The molecule has 0 aliphatic rings. The van der Waals surface area contributed by atoms with E-state index in [1.54, 1.807) is 6.20 Å². The van der Waals surface area contributed by atoms with Crippen LogP contribution >= 0.6 is 0 Å². The molecular formula is C9H6LiN. The summed E-state index contributed by atoms with van der Waals surface area (Å²) in [6.07, 6.45) is 1.78. The Morgan fingerprint density at radius 3 is 2.82 bits per heavy atom. The van der Waals surface area contributed by atoms with Crippen LogP contribution in [0.4, 0.5) is 0 Å². The van der Waals surface area contributed by atoms with Crippen molar-refractivity contribution in [3.63, 3.8) is 0 Å². The summed E-state index contributed by atoms with van der Waals surface area (Å²) in [6, 6.07) is 12.9. The zero-order valence-corrected chi connectivity index (χ0v) is 6.41. The van der Waals surface area contributed by atoms with Crippen LogP contribution in [-0.4, -0.2) is 4.98 Å². The second-order valence-electron chi connectivity index (χ2n) is 2.11. The SMILES string of the molecule is [Li+].[c-]1cccc2cccnc12. The molecule has 0 aliphatic carbocycles. The average molecular weight is 135 g/mol. The number of benzene rings is 1. The van der Waals surface area contributed by atoms with E-state index in [0.29, 0.717) is 0 Å². The van der Waals surface area contributed by atoms with Gasteiger partial charge in [-0.1, -0.05) is 6.07 Å². The molecule has 0 saturated heterocycles. The Bertz CT molecular complexity index is 281. The van der Waals surface area contributed by atoms with Crippen LogP contribution in [0.3, 0.4) is 0 Å². The first-order valence-electron chi connectivity index (χ1n) is 3.18. The minimum Gasteiger partial charge on any atom is -0.283 e. The number of fused-ring (bicyclic) bond motifs is 1. The fourth-order valence-electron chi connectivity index (χ4n) is 0.952. The smallest absolute Gasteiger partial charge is 0.283 e. The largest absolute Gasteiger partial charge is 1.00 e. The Labute approximate surface area is 77.6 Å². The van der Waals surface area contributed by atoms with Crippen LogP contribution in [0.1, 0.15) is 0 Å². The maximum absolute atomic E-state index is 4.13. The fourth-order valence-corrected chi connectivity index (χ4v) is 0.952. The van der Waals surface area contributed by atoms with Gasteiger partial charge in [-0.3, -0.25) is 4.98 Å². The van der Waals surface area contributed by atoms with E-state index in [-0.39, 0.29) is 18.9 Å². The number of rotatable bonds is 0. The number of aromatic nitrogens is 1. The van der Waals surface area contributed by atoms with E-state index in [2.05, 4.69) is 11.1 Å². The van der Waals surface area contributed by atoms with Crippen molar-refractivity contribution in [3.8, 4) is 0 Å². The number of para-hydroxylation sites is 1. The van der Waals surface area contributed by atoms with Crippen LogP contribution in [-0.2, 0) is 0 Å². The molecule has 0 aliphatic heterocycles. The maximum atomic E-state index is 4.13. The molecule has 11 heavy (non-hydrogen) atoms. The van der Waals surface area contributed by atoms with E-state index < -0.39 is 0 Å². The van der Waals surface area contributed by atoms with Crippen molar-refractivity contribution in [2.45, 2.75) is 0 Å². The summed E-state index contributed by atoms with van der Waals surface area (Å²) in [4.78, 5) is 4.13. The van der Waals surface area contributed by atoms with Crippen LogP contribution in [0.15, 0.2) is 36.5 Å². The first kappa shape index (κ1) is 8.33. The van der Waals surface area contributed by atoms with Crippen molar-refractivity contribution in [1.82, 2.24) is 4.98 Å². The minimum absolute atomic E-state index is 0. The van der Waals surface area contributed by atoms with Crippen LogP contribution < -0.4 is 18.9 Å². The average Bonchev–Trinajstić information content (AvgIpc) is 2.05. The molecule has 0 radical (unpaired) electrons. The molecular weight excluding hydrogens is 129 g/mol. The van der Waals surface area contributed by atoms with Crippen molar-refractivity contribution in [2.75, 3.05) is 0 Å². The zero-order valence-electron chi connectivity index (χ0n) is 6.41. The number of hydrogen-bond donors (Lipinski definition) is 0. The molecule has 0 N–H and O–H groups in total. The summed E-state index contributed by atoms with van der Waals surface area (Å²) in [5.74, 6) is 0. The van der Waals surface area contributed by atoms with Gasteiger partial charge in [0, 0.05) is 6.20 Å². The van der Waals surface area contributed by atoms with Crippen LogP contribution in [0.5, 0.6) is 0 Å². The Morgan fingerprint density at radius 2 is 2.00 bits per heavy atom. The third kappa shape index (κ3) is 1.62. The Kier molecular flexibility index (Phi) is 2.70. The topological polar surface area (TPSA) is 12.9 Å². The Morgan fingerprint density at radius 1 is 1.18 bits per heavy atom. The molecule has 0 unspecified atom stereocenters. The predicted molar refractivity (Wildman–Crippen MR) is 40.6 cm³/mol. The number of nitrogens with zero attached hydrogens (tertiary/aromatic N) is 1. The summed E-state index contributed by atoms with van der Waals surface area (Å²) < 4.78 is 0. The first-order chi connectivity index (χ1) is 4.97. The normalized spacial score (nSPS) is 9.09. The van der Waals surface area contributed by atoms with Gasteiger partial charge in [0.15, 0.2) is 0 Å². The third-order valence-corrected chi connectivity index (χ3v) is 1.43. The minimum atomic E-state index is 0. The summed E-state index contributed by atoms with van der Waals surface area (Å²) in [7, 11) is 0. The molecule has 1 aromatic carbocycles. The zero-order chi connectivity index (χ0) is 6.81. The van der Waals surface area contributed by atoms with Gasteiger partial charge in [0.2, 0.25) is 0 Å². The van der Waals surface area contributed by atoms with E-state index in [9.17, 15) is 0 Å². The van der Waals surface area contributed by atoms with Crippen LogP contribution in [0.2, 0.25) is 0 Å². The van der Waals surface area contributed by atoms with Crippen molar-refractivity contribution in [3.05, 3.63) is 42.6 Å². The molecule has 2 aromatic rings. The molecule has 48 valence electrons. The van der Waals surface area contributed by atoms with Gasteiger partial charge in [0.25, 0.3) is 0 Å². The summed E-state index contributed by atoms with van der Waals surface area (Å²) in [6.45, 7) is 0. The number of pyridine rings is 1. The maximum Gasteiger partial charge on any atom is 1.00 e. The standard InChI is InChI=1S/C9H6N.Li/c1-2-6-9-8(4-1)5-3-7-10-9;/h1-5,7H;/q-1;+1. The third-order valence-electron chi connectivity index (χ3n) is 1.43. The quantitative estimate of drug-likeness (QED) is 0.335. The van der Waals surface area contributed by atoms with Gasteiger partial charge in [-0.15, -0.1) is 11.5 Å². The molecule has 2 heteroatoms. The van der Waals surface area contributed by atoms with Crippen molar-refractivity contribution in [2.24, 2.45) is 0 Å². The molecule has 0 spiro atoms. The van der Waals surface area contributed by atoms with Crippen LogP contribution in [0.25, 0.3) is 10.9 Å². The van der Waals surface area contributed by atoms with E-state index in [1.807, 2.05) is 30.3 Å². The molecule has 1 aromatic heterocycles. The second-order valence-corrected chi connectivity index (χ2v) is 2.11. The van der Waals surface area contributed by atoms with Gasteiger partial charge >= 0.3 is 18.9 Å². The first-order valence-corrected chi connectivity index (χ1v) is 3.18. The Hall–Kier alpha value is -0.773. The van der Waals surface area contributed by atoms with Gasteiger partial charge in [-0.05, 0) is 5.52 Å². The monoisotopic (exact) mass is 135 g/mol. The summed E-state index contributed by atoms with van der Waals surface area (Å²) in [5.41, 5.74) is 0.935.